The van der Waals surface area contributed by atoms with E-state index in [0.717, 1.165) is 5.56 Å². The van der Waals surface area contributed by atoms with Crippen LogP contribution >= 0.6 is 0 Å². The van der Waals surface area contributed by atoms with Crippen molar-refractivity contribution in [2.45, 2.75) is 16.7 Å². The lowest BCUT2D eigenvalue weighted by Crippen LogP contribution is -2.01. The third-order valence-electron chi connectivity index (χ3n) is 3.59. The van der Waals surface area contributed by atoms with Crippen molar-refractivity contribution < 1.29 is 18.6 Å². The van der Waals surface area contributed by atoms with Crippen molar-refractivity contribution in [1.82, 2.24) is 0 Å². The Balaban J connectivity index is 0.000000878. The van der Waals surface area contributed by atoms with Gasteiger partial charge in [-0.2, -0.15) is 0 Å². The molecule has 0 aromatic heterocycles. The van der Waals surface area contributed by atoms with Crippen LogP contribution in [0.3, 0.4) is 0 Å². The second-order valence-electron chi connectivity index (χ2n) is 5.73. The van der Waals surface area contributed by atoms with E-state index in [-0.39, 0.29) is 22.1 Å². The molecule has 0 heterocycles. The minimum atomic E-state index is -3.58. The SMILES string of the molecule is CCO.Nc1ccc(S(=O)(=O)c2ccc(N=Cc3ccc(O)cc3)cc2)cc1. The summed E-state index contributed by atoms with van der Waals surface area (Å²) in [6.07, 6.45) is 1.64. The molecule has 0 saturated carbocycles. The number of hydrogen-bond acceptors (Lipinski definition) is 6. The molecule has 0 amide bonds. The molecule has 0 saturated heterocycles. The van der Waals surface area contributed by atoms with Crippen LogP contribution in [0.5, 0.6) is 5.75 Å². The first-order valence-corrected chi connectivity index (χ1v) is 9.99. The van der Waals surface area contributed by atoms with Crippen molar-refractivity contribution in [2.24, 2.45) is 4.99 Å². The quantitative estimate of drug-likeness (QED) is 0.459. The third kappa shape index (κ3) is 5.67. The van der Waals surface area contributed by atoms with Gasteiger partial charge in [-0.3, -0.25) is 4.99 Å². The molecule has 146 valence electrons. The second-order valence-corrected chi connectivity index (χ2v) is 7.68. The molecule has 3 aromatic carbocycles. The van der Waals surface area contributed by atoms with E-state index in [4.69, 9.17) is 10.8 Å². The zero-order valence-electron chi connectivity index (χ0n) is 15.4. The average Bonchev–Trinajstić information content (AvgIpc) is 2.69. The molecular formula is C21H22N2O4S. The number of aliphatic hydroxyl groups excluding tert-OH is 1. The minimum absolute atomic E-state index is 0.189. The molecule has 4 N–H and O–H groups in total. The fourth-order valence-electron chi connectivity index (χ4n) is 2.20. The highest BCUT2D eigenvalue weighted by atomic mass is 32.2. The van der Waals surface area contributed by atoms with Crippen LogP contribution in [0.25, 0.3) is 0 Å². The largest absolute Gasteiger partial charge is 0.508 e. The average molecular weight is 398 g/mol. The number of nitrogen functional groups attached to an aromatic ring is 1. The van der Waals surface area contributed by atoms with Gasteiger partial charge in [0.15, 0.2) is 0 Å². The molecule has 0 aliphatic carbocycles. The summed E-state index contributed by atoms with van der Waals surface area (Å²) in [4.78, 5) is 4.69. The number of anilines is 1. The van der Waals surface area contributed by atoms with Crippen LogP contribution in [0, 0.1) is 0 Å². The van der Waals surface area contributed by atoms with Gasteiger partial charge in [0.25, 0.3) is 0 Å². The molecule has 6 nitrogen and oxygen atoms in total. The fourth-order valence-corrected chi connectivity index (χ4v) is 3.46. The molecule has 0 aliphatic rings. The molecule has 0 fully saturated rings. The van der Waals surface area contributed by atoms with E-state index >= 15 is 0 Å². The summed E-state index contributed by atoms with van der Waals surface area (Å²) in [6.45, 7) is 1.93. The van der Waals surface area contributed by atoms with Crippen LogP contribution < -0.4 is 5.73 Å². The van der Waals surface area contributed by atoms with Crippen LogP contribution in [-0.2, 0) is 9.84 Å². The van der Waals surface area contributed by atoms with Gasteiger partial charge in [0.1, 0.15) is 5.75 Å². The summed E-state index contributed by atoms with van der Waals surface area (Å²) >= 11 is 0. The van der Waals surface area contributed by atoms with E-state index in [1.54, 1.807) is 61.7 Å². The van der Waals surface area contributed by atoms with Crippen LogP contribution in [0.1, 0.15) is 12.5 Å². The zero-order valence-corrected chi connectivity index (χ0v) is 16.2. The van der Waals surface area contributed by atoms with Crippen LogP contribution in [0.15, 0.2) is 87.6 Å². The molecule has 3 rings (SSSR count). The van der Waals surface area contributed by atoms with Crippen molar-refractivity contribution >= 4 is 27.4 Å². The maximum absolute atomic E-state index is 12.6. The number of nitrogens with zero attached hydrogens (tertiary/aromatic N) is 1. The van der Waals surface area contributed by atoms with Crippen molar-refractivity contribution in [3.63, 3.8) is 0 Å². The van der Waals surface area contributed by atoms with Gasteiger partial charge < -0.3 is 15.9 Å². The normalized spacial score (nSPS) is 11.1. The maximum Gasteiger partial charge on any atom is 0.206 e. The number of sulfone groups is 1. The number of nitrogens with two attached hydrogens (primary N) is 1. The number of aliphatic imine (C=N–C) groups is 1. The second kappa shape index (κ2) is 9.68. The van der Waals surface area contributed by atoms with E-state index in [2.05, 4.69) is 4.99 Å². The van der Waals surface area contributed by atoms with E-state index in [1.165, 1.54) is 24.3 Å². The molecule has 7 heteroatoms. The molecule has 0 aliphatic heterocycles. The van der Waals surface area contributed by atoms with E-state index in [1.807, 2.05) is 0 Å². The summed E-state index contributed by atoms with van der Waals surface area (Å²) in [6, 6.07) is 19.0. The Morgan fingerprint density at radius 2 is 1.36 bits per heavy atom. The molecule has 28 heavy (non-hydrogen) atoms. The molecule has 0 bridgehead atoms. The zero-order chi connectivity index (χ0) is 20.6. The minimum Gasteiger partial charge on any atom is -0.508 e. The lowest BCUT2D eigenvalue weighted by molar-refractivity contribution is 0.318. The number of aromatic hydroxyl groups is 1. The smallest absolute Gasteiger partial charge is 0.206 e. The summed E-state index contributed by atoms with van der Waals surface area (Å²) in [5, 5.41) is 16.8. The molecule has 0 atom stereocenters. The number of benzene rings is 3. The highest BCUT2D eigenvalue weighted by Gasteiger charge is 2.17. The topological polar surface area (TPSA) is 113 Å². The first-order chi connectivity index (χ1) is 13.4. The molecule has 0 spiro atoms. The summed E-state index contributed by atoms with van der Waals surface area (Å²) in [5.74, 6) is 0.189. The lowest BCUT2D eigenvalue weighted by Gasteiger charge is -2.05. The Hall–Kier alpha value is -3.16. The Labute approximate surface area is 164 Å². The number of phenolic OH excluding ortho intramolecular Hbond substituents is 1. The van der Waals surface area contributed by atoms with Gasteiger partial charge in [-0.15, -0.1) is 0 Å². The monoisotopic (exact) mass is 398 g/mol. The lowest BCUT2D eigenvalue weighted by atomic mass is 10.2. The van der Waals surface area contributed by atoms with Gasteiger partial charge in [0.2, 0.25) is 9.84 Å². The summed E-state index contributed by atoms with van der Waals surface area (Å²) < 4.78 is 25.1. The van der Waals surface area contributed by atoms with Crippen LogP contribution in [-0.4, -0.2) is 31.5 Å². The Kier molecular flexibility index (Phi) is 7.31. The highest BCUT2D eigenvalue weighted by Crippen LogP contribution is 2.24. The van der Waals surface area contributed by atoms with Crippen LogP contribution in [0.2, 0.25) is 0 Å². The van der Waals surface area contributed by atoms with Gasteiger partial charge >= 0.3 is 0 Å². The van der Waals surface area contributed by atoms with Gasteiger partial charge in [-0.1, -0.05) is 0 Å². The summed E-state index contributed by atoms with van der Waals surface area (Å²) in [7, 11) is -3.58. The molecule has 0 radical (unpaired) electrons. The molecular weight excluding hydrogens is 376 g/mol. The van der Waals surface area contributed by atoms with E-state index in [9.17, 15) is 13.5 Å². The summed E-state index contributed by atoms with van der Waals surface area (Å²) in [5.41, 5.74) is 7.56. The number of hydrogen-bond donors (Lipinski definition) is 3. The predicted octanol–water partition coefficient (Wildman–Crippen LogP) is 3.56. The number of aliphatic hydroxyl groups is 1. The fraction of sp³-hybridized carbons (Fsp3) is 0.0952. The number of rotatable bonds is 4. The molecule has 3 aromatic rings. The van der Waals surface area contributed by atoms with Crippen molar-refractivity contribution in [3.8, 4) is 5.75 Å². The van der Waals surface area contributed by atoms with Gasteiger partial charge in [-0.25, -0.2) is 8.42 Å². The first kappa shape index (κ1) is 21.1. The predicted molar refractivity (Wildman–Crippen MR) is 111 cm³/mol. The molecule has 0 unspecified atom stereocenters. The van der Waals surface area contributed by atoms with Gasteiger partial charge in [0.05, 0.1) is 15.5 Å². The third-order valence-corrected chi connectivity index (χ3v) is 5.38. The maximum atomic E-state index is 12.6. The Bertz CT molecular complexity index is 1010. The van der Waals surface area contributed by atoms with E-state index in [0.29, 0.717) is 11.4 Å². The van der Waals surface area contributed by atoms with Gasteiger partial charge in [0, 0.05) is 18.5 Å². The standard InChI is InChI=1S/C19H16N2O3S.C2H6O/c20-15-3-9-18(10-4-15)25(23,24)19-11-5-16(6-12-19)21-13-14-1-7-17(22)8-2-14;1-2-3/h1-13,22H,20H2;3H,2H2,1H3. The highest BCUT2D eigenvalue weighted by molar-refractivity contribution is 7.91. The van der Waals surface area contributed by atoms with Crippen molar-refractivity contribution in [3.05, 3.63) is 78.4 Å². The number of phenols is 1. The van der Waals surface area contributed by atoms with Gasteiger partial charge in [-0.05, 0) is 85.3 Å². The first-order valence-electron chi connectivity index (χ1n) is 8.51. The van der Waals surface area contributed by atoms with Crippen LogP contribution in [0.4, 0.5) is 11.4 Å². The van der Waals surface area contributed by atoms with E-state index < -0.39 is 9.84 Å². The van der Waals surface area contributed by atoms with Crippen molar-refractivity contribution in [2.75, 3.05) is 12.3 Å². The Morgan fingerprint density at radius 3 is 1.86 bits per heavy atom. The Morgan fingerprint density at radius 1 is 0.893 bits per heavy atom. The van der Waals surface area contributed by atoms with Crippen molar-refractivity contribution in [1.29, 1.82) is 0 Å².